The lowest BCUT2D eigenvalue weighted by molar-refractivity contribution is -0.0394. The Hall–Kier alpha value is -2.82. The molecule has 29 heavy (non-hydrogen) atoms. The molecule has 3 rings (SSSR count). The normalized spacial score (nSPS) is 16.1. The minimum Gasteiger partial charge on any atom is -0.454 e. The van der Waals surface area contributed by atoms with E-state index in [0.717, 1.165) is 0 Å². The molecule has 1 aliphatic rings. The summed E-state index contributed by atoms with van der Waals surface area (Å²) in [6.07, 6.45) is -2.13. The molecule has 11 heteroatoms. The third-order valence-electron chi connectivity index (χ3n) is 4.03. The van der Waals surface area contributed by atoms with Crippen LogP contribution in [-0.2, 0) is 26.0 Å². The van der Waals surface area contributed by atoms with Gasteiger partial charge in [0.15, 0.2) is 0 Å². The SMILES string of the molecule is CON=C(CNS(=O)(=O)c1ccc(Cl)cc1)c1ccc2c(c1)CC(OC(=O)O)O2. The highest BCUT2D eigenvalue weighted by molar-refractivity contribution is 7.89. The standard InChI is InChI=1S/C18H17ClN2O7S/c1-26-21-15(10-20-29(24,25)14-5-3-13(19)4-6-14)11-2-7-16-12(8-11)9-17(27-16)28-18(22)23/h2-8,17,20H,9-10H2,1H3,(H,22,23). The van der Waals surface area contributed by atoms with Crippen molar-refractivity contribution in [3.63, 3.8) is 0 Å². The molecule has 1 atom stereocenters. The summed E-state index contributed by atoms with van der Waals surface area (Å²) in [5, 5.41) is 13.0. The monoisotopic (exact) mass is 440 g/mol. The van der Waals surface area contributed by atoms with Gasteiger partial charge in [0.25, 0.3) is 6.29 Å². The fourth-order valence-electron chi connectivity index (χ4n) is 2.73. The van der Waals surface area contributed by atoms with Gasteiger partial charge >= 0.3 is 6.16 Å². The van der Waals surface area contributed by atoms with E-state index in [-0.39, 0.29) is 17.9 Å². The van der Waals surface area contributed by atoms with Crippen LogP contribution in [0.3, 0.4) is 0 Å². The molecule has 0 fully saturated rings. The number of halogens is 1. The van der Waals surface area contributed by atoms with Crippen LogP contribution < -0.4 is 9.46 Å². The summed E-state index contributed by atoms with van der Waals surface area (Å²) in [6.45, 7) is -0.131. The van der Waals surface area contributed by atoms with Crippen molar-refractivity contribution in [1.29, 1.82) is 0 Å². The van der Waals surface area contributed by atoms with Gasteiger partial charge in [-0.15, -0.1) is 0 Å². The molecule has 0 aliphatic carbocycles. The van der Waals surface area contributed by atoms with Crippen molar-refractivity contribution >= 4 is 33.5 Å². The second-order valence-electron chi connectivity index (χ2n) is 5.96. The molecule has 1 unspecified atom stereocenters. The average molecular weight is 441 g/mol. The van der Waals surface area contributed by atoms with E-state index in [2.05, 4.69) is 14.6 Å². The first-order valence-corrected chi connectivity index (χ1v) is 10.2. The lowest BCUT2D eigenvalue weighted by Gasteiger charge is -2.10. The van der Waals surface area contributed by atoms with E-state index in [0.29, 0.717) is 27.6 Å². The first kappa shape index (κ1) is 20.9. The maximum absolute atomic E-state index is 12.5. The van der Waals surface area contributed by atoms with Gasteiger partial charge in [-0.3, -0.25) is 0 Å². The molecule has 0 amide bonds. The number of nitrogens with zero attached hydrogens (tertiary/aromatic N) is 1. The lowest BCUT2D eigenvalue weighted by atomic mass is 10.0. The summed E-state index contributed by atoms with van der Waals surface area (Å²) < 4.78 is 37.4. The van der Waals surface area contributed by atoms with Crippen molar-refractivity contribution < 1.29 is 32.6 Å². The van der Waals surface area contributed by atoms with Gasteiger partial charge in [0, 0.05) is 16.1 Å². The van der Waals surface area contributed by atoms with Crippen molar-refractivity contribution in [2.75, 3.05) is 13.7 Å². The molecule has 0 aromatic heterocycles. The molecule has 2 aromatic carbocycles. The van der Waals surface area contributed by atoms with Crippen molar-refractivity contribution in [3.8, 4) is 5.75 Å². The molecule has 0 bridgehead atoms. The van der Waals surface area contributed by atoms with Crippen LogP contribution in [0.5, 0.6) is 5.75 Å². The second-order valence-corrected chi connectivity index (χ2v) is 8.16. The number of rotatable bonds is 7. The topological polar surface area (TPSA) is 124 Å². The van der Waals surface area contributed by atoms with Crippen molar-refractivity contribution in [3.05, 3.63) is 58.6 Å². The number of oxime groups is 1. The molecule has 154 valence electrons. The van der Waals surface area contributed by atoms with Gasteiger partial charge in [0.05, 0.1) is 17.9 Å². The minimum atomic E-state index is -3.79. The molecule has 2 aromatic rings. The van der Waals surface area contributed by atoms with Gasteiger partial charge in [-0.05, 0) is 42.5 Å². The van der Waals surface area contributed by atoms with Crippen LogP contribution in [0.25, 0.3) is 0 Å². The van der Waals surface area contributed by atoms with E-state index in [9.17, 15) is 13.2 Å². The third kappa shape index (κ3) is 5.17. The highest BCUT2D eigenvalue weighted by Gasteiger charge is 2.27. The van der Waals surface area contributed by atoms with E-state index in [4.69, 9.17) is 26.3 Å². The molecular formula is C18H17ClN2O7S. The highest BCUT2D eigenvalue weighted by Crippen LogP contribution is 2.30. The lowest BCUT2D eigenvalue weighted by Crippen LogP contribution is -2.30. The zero-order valence-corrected chi connectivity index (χ0v) is 16.7. The molecule has 0 radical (unpaired) electrons. The predicted molar refractivity (Wildman–Crippen MR) is 104 cm³/mol. The van der Waals surface area contributed by atoms with E-state index < -0.39 is 22.5 Å². The highest BCUT2D eigenvalue weighted by atomic mass is 35.5. The van der Waals surface area contributed by atoms with Crippen LogP contribution >= 0.6 is 11.6 Å². The molecule has 2 N–H and O–H groups in total. The summed E-state index contributed by atoms with van der Waals surface area (Å²) in [7, 11) is -2.44. The average Bonchev–Trinajstić information content (AvgIpc) is 3.06. The number of benzene rings is 2. The van der Waals surface area contributed by atoms with Crippen LogP contribution in [0.4, 0.5) is 4.79 Å². The van der Waals surface area contributed by atoms with Crippen LogP contribution in [-0.4, -0.2) is 45.3 Å². The van der Waals surface area contributed by atoms with E-state index >= 15 is 0 Å². The van der Waals surface area contributed by atoms with Gasteiger partial charge in [-0.1, -0.05) is 16.8 Å². The molecule has 0 saturated carbocycles. The van der Waals surface area contributed by atoms with Gasteiger partial charge < -0.3 is 19.4 Å². The number of fused-ring (bicyclic) bond motifs is 1. The van der Waals surface area contributed by atoms with Gasteiger partial charge in [0.2, 0.25) is 10.0 Å². The molecule has 1 aliphatic heterocycles. The Bertz CT molecular complexity index is 1040. The van der Waals surface area contributed by atoms with Crippen LogP contribution in [0.15, 0.2) is 52.5 Å². The summed E-state index contributed by atoms with van der Waals surface area (Å²) in [4.78, 5) is 15.6. The minimum absolute atomic E-state index is 0.0645. The largest absolute Gasteiger partial charge is 0.508 e. The molecular weight excluding hydrogens is 424 g/mol. The summed E-state index contributed by atoms with van der Waals surface area (Å²) >= 11 is 5.79. The van der Waals surface area contributed by atoms with Crippen LogP contribution in [0, 0.1) is 0 Å². The molecule has 1 heterocycles. The zero-order valence-electron chi connectivity index (χ0n) is 15.2. The molecule has 0 spiro atoms. The first-order chi connectivity index (χ1) is 13.8. The summed E-state index contributed by atoms with van der Waals surface area (Å²) in [5.41, 5.74) is 1.62. The van der Waals surface area contributed by atoms with Crippen molar-refractivity contribution in [1.82, 2.24) is 4.72 Å². The number of sulfonamides is 1. The summed E-state index contributed by atoms with van der Waals surface area (Å²) in [5.74, 6) is 0.485. The Morgan fingerprint density at radius 1 is 1.31 bits per heavy atom. The number of nitrogens with one attached hydrogen (secondary N) is 1. The molecule has 9 nitrogen and oxygen atoms in total. The Morgan fingerprint density at radius 3 is 2.69 bits per heavy atom. The fraction of sp³-hybridized carbons (Fsp3) is 0.222. The number of carbonyl (C=O) groups is 1. The third-order valence-corrected chi connectivity index (χ3v) is 5.70. The number of ether oxygens (including phenoxy) is 2. The smallest absolute Gasteiger partial charge is 0.454 e. The first-order valence-electron chi connectivity index (χ1n) is 8.33. The van der Waals surface area contributed by atoms with Gasteiger partial charge in [0.1, 0.15) is 18.6 Å². The van der Waals surface area contributed by atoms with Crippen molar-refractivity contribution in [2.45, 2.75) is 17.6 Å². The van der Waals surface area contributed by atoms with Crippen molar-refractivity contribution in [2.24, 2.45) is 5.16 Å². The zero-order chi connectivity index (χ0) is 21.0. The Kier molecular flexibility index (Phi) is 6.26. The van der Waals surface area contributed by atoms with Crippen LogP contribution in [0.1, 0.15) is 11.1 Å². The Morgan fingerprint density at radius 2 is 2.03 bits per heavy atom. The van der Waals surface area contributed by atoms with Gasteiger partial charge in [-0.2, -0.15) is 0 Å². The number of hydrogen-bond acceptors (Lipinski definition) is 7. The summed E-state index contributed by atoms with van der Waals surface area (Å²) in [6, 6.07) is 10.8. The Balaban J connectivity index is 1.75. The maximum Gasteiger partial charge on any atom is 0.508 e. The van der Waals surface area contributed by atoms with E-state index in [1.54, 1.807) is 18.2 Å². The number of carboxylic acid groups (broad SMARTS) is 1. The second kappa shape index (κ2) is 8.68. The predicted octanol–water partition coefficient (Wildman–Crippen LogP) is 2.62. The molecule has 0 saturated heterocycles. The van der Waals surface area contributed by atoms with Crippen LogP contribution in [0.2, 0.25) is 5.02 Å². The number of hydrogen-bond donors (Lipinski definition) is 2. The van der Waals surface area contributed by atoms with E-state index in [1.165, 1.54) is 31.4 Å². The maximum atomic E-state index is 12.5. The fourth-order valence-corrected chi connectivity index (χ4v) is 3.85. The van der Waals surface area contributed by atoms with Gasteiger partial charge in [-0.25, -0.2) is 17.9 Å². The van der Waals surface area contributed by atoms with E-state index in [1.807, 2.05) is 0 Å². The Labute approximate surface area is 171 Å². The quantitative estimate of drug-likeness (QED) is 0.385.